The minimum atomic E-state index is -0.0960. The maximum atomic E-state index is 12.6. The van der Waals surface area contributed by atoms with E-state index in [9.17, 15) is 4.79 Å². The van der Waals surface area contributed by atoms with Crippen molar-refractivity contribution in [3.63, 3.8) is 0 Å². The predicted molar refractivity (Wildman–Crippen MR) is 94.7 cm³/mol. The smallest absolute Gasteiger partial charge is 0.255 e. The van der Waals surface area contributed by atoms with Crippen LogP contribution in [-0.4, -0.2) is 20.7 Å². The molecule has 1 N–H and O–H groups in total. The molecule has 0 aliphatic heterocycles. The lowest BCUT2D eigenvalue weighted by atomic mass is 10.0. The van der Waals surface area contributed by atoms with Crippen LogP contribution in [0.4, 0.5) is 5.69 Å². The molecular weight excluding hydrogens is 300 g/mol. The molecule has 2 aromatic carbocycles. The fraction of sp³-hybridized carbons (Fsp3) is 0.211. The van der Waals surface area contributed by atoms with Gasteiger partial charge in [0.25, 0.3) is 5.91 Å². The maximum Gasteiger partial charge on any atom is 0.255 e. The Morgan fingerprint density at radius 2 is 1.50 bits per heavy atom. The van der Waals surface area contributed by atoms with Crippen LogP contribution in [0.5, 0.6) is 0 Å². The van der Waals surface area contributed by atoms with E-state index in [1.807, 2.05) is 62.6 Å². The third-order valence-electron chi connectivity index (χ3n) is 4.24. The molecule has 5 heteroatoms. The molecule has 1 aromatic heterocycles. The summed E-state index contributed by atoms with van der Waals surface area (Å²) >= 11 is 0. The molecule has 0 spiro atoms. The second-order valence-electron chi connectivity index (χ2n) is 6.08. The number of benzene rings is 2. The van der Waals surface area contributed by atoms with Crippen LogP contribution in [0.2, 0.25) is 0 Å². The number of amides is 1. The fourth-order valence-corrected chi connectivity index (χ4v) is 2.69. The first-order chi connectivity index (χ1) is 11.5. The van der Waals surface area contributed by atoms with Gasteiger partial charge in [-0.25, -0.2) is 0 Å². The van der Waals surface area contributed by atoms with Crippen LogP contribution in [0.3, 0.4) is 0 Å². The molecule has 0 radical (unpaired) electrons. The minimum absolute atomic E-state index is 0.0960. The lowest BCUT2D eigenvalue weighted by Crippen LogP contribution is -2.14. The first-order valence-corrected chi connectivity index (χ1v) is 7.80. The van der Waals surface area contributed by atoms with Gasteiger partial charge >= 0.3 is 0 Å². The number of rotatable bonds is 3. The van der Waals surface area contributed by atoms with E-state index in [4.69, 9.17) is 0 Å². The van der Waals surface area contributed by atoms with Crippen LogP contribution in [0.15, 0.2) is 43.0 Å². The lowest BCUT2D eigenvalue weighted by Gasteiger charge is -2.14. The predicted octanol–water partition coefficient (Wildman–Crippen LogP) is 3.75. The quantitative estimate of drug-likeness (QED) is 0.799. The largest absolute Gasteiger partial charge is 0.322 e. The van der Waals surface area contributed by atoms with E-state index in [1.54, 1.807) is 12.7 Å². The van der Waals surface area contributed by atoms with Gasteiger partial charge in [0.05, 0.1) is 0 Å². The zero-order valence-electron chi connectivity index (χ0n) is 14.3. The standard InChI is InChI=1S/C19H20N4O/c1-12-5-6-16(7-13(12)2)19(24)22-18-14(3)8-17(9-15(18)4)23-10-20-21-11-23/h5-11H,1-4H3,(H,22,24). The topological polar surface area (TPSA) is 59.8 Å². The Morgan fingerprint density at radius 3 is 2.08 bits per heavy atom. The molecular formula is C19H20N4O. The van der Waals surface area contributed by atoms with E-state index in [0.717, 1.165) is 28.1 Å². The molecule has 0 saturated carbocycles. The van der Waals surface area contributed by atoms with Crippen LogP contribution >= 0.6 is 0 Å². The van der Waals surface area contributed by atoms with Gasteiger partial charge in [0.1, 0.15) is 12.7 Å². The van der Waals surface area contributed by atoms with Crippen molar-refractivity contribution in [1.82, 2.24) is 14.8 Å². The van der Waals surface area contributed by atoms with Crippen molar-refractivity contribution in [3.05, 3.63) is 70.8 Å². The number of nitrogens with one attached hydrogen (secondary N) is 1. The number of hydrogen-bond donors (Lipinski definition) is 1. The molecule has 0 atom stereocenters. The Labute approximate surface area is 141 Å². The Morgan fingerprint density at radius 1 is 0.875 bits per heavy atom. The van der Waals surface area contributed by atoms with Gasteiger partial charge in [-0.15, -0.1) is 10.2 Å². The fourth-order valence-electron chi connectivity index (χ4n) is 2.69. The van der Waals surface area contributed by atoms with Crippen molar-refractivity contribution in [2.45, 2.75) is 27.7 Å². The molecule has 122 valence electrons. The number of nitrogens with zero attached hydrogens (tertiary/aromatic N) is 3. The van der Waals surface area contributed by atoms with Crippen LogP contribution < -0.4 is 5.32 Å². The zero-order chi connectivity index (χ0) is 17.3. The summed E-state index contributed by atoms with van der Waals surface area (Å²) in [5.74, 6) is -0.0960. The molecule has 0 fully saturated rings. The summed E-state index contributed by atoms with van der Waals surface area (Å²) in [6, 6.07) is 9.76. The van der Waals surface area contributed by atoms with Crippen molar-refractivity contribution in [2.24, 2.45) is 0 Å². The highest BCUT2D eigenvalue weighted by molar-refractivity contribution is 6.05. The highest BCUT2D eigenvalue weighted by Gasteiger charge is 2.12. The van der Waals surface area contributed by atoms with Gasteiger partial charge in [0.2, 0.25) is 0 Å². The number of aryl methyl sites for hydroxylation is 4. The van der Waals surface area contributed by atoms with Gasteiger partial charge in [-0.05, 0) is 74.2 Å². The van der Waals surface area contributed by atoms with Crippen LogP contribution in [0.25, 0.3) is 5.69 Å². The molecule has 3 rings (SSSR count). The van der Waals surface area contributed by atoms with Gasteiger partial charge in [0.15, 0.2) is 0 Å². The van der Waals surface area contributed by atoms with Gasteiger partial charge in [-0.1, -0.05) is 6.07 Å². The summed E-state index contributed by atoms with van der Waals surface area (Å²) in [4.78, 5) is 12.6. The highest BCUT2D eigenvalue weighted by Crippen LogP contribution is 2.25. The number of hydrogen-bond acceptors (Lipinski definition) is 3. The minimum Gasteiger partial charge on any atom is -0.322 e. The van der Waals surface area contributed by atoms with E-state index < -0.39 is 0 Å². The monoisotopic (exact) mass is 320 g/mol. The molecule has 24 heavy (non-hydrogen) atoms. The highest BCUT2D eigenvalue weighted by atomic mass is 16.1. The molecule has 1 amide bonds. The number of carbonyl (C=O) groups excluding carboxylic acids is 1. The second kappa shape index (κ2) is 6.28. The first kappa shape index (κ1) is 15.9. The van der Waals surface area contributed by atoms with Crippen molar-refractivity contribution >= 4 is 11.6 Å². The molecule has 3 aromatic rings. The van der Waals surface area contributed by atoms with Crippen molar-refractivity contribution in [1.29, 1.82) is 0 Å². The van der Waals surface area contributed by atoms with E-state index in [2.05, 4.69) is 15.5 Å². The Balaban J connectivity index is 1.89. The second-order valence-corrected chi connectivity index (χ2v) is 6.08. The lowest BCUT2D eigenvalue weighted by molar-refractivity contribution is 0.102. The number of anilines is 1. The van der Waals surface area contributed by atoms with Gasteiger partial charge in [-0.3, -0.25) is 9.36 Å². The Kier molecular flexibility index (Phi) is 4.16. The third kappa shape index (κ3) is 3.06. The summed E-state index contributed by atoms with van der Waals surface area (Å²) in [6.45, 7) is 8.01. The van der Waals surface area contributed by atoms with Gasteiger partial charge in [-0.2, -0.15) is 0 Å². The molecule has 0 bridgehead atoms. The van der Waals surface area contributed by atoms with Crippen LogP contribution in [0.1, 0.15) is 32.6 Å². The summed E-state index contributed by atoms with van der Waals surface area (Å²) in [5.41, 5.74) is 6.76. The average molecular weight is 320 g/mol. The summed E-state index contributed by atoms with van der Waals surface area (Å²) in [5, 5.41) is 10.7. The molecule has 0 saturated heterocycles. The average Bonchev–Trinajstić information content (AvgIpc) is 3.07. The third-order valence-corrected chi connectivity index (χ3v) is 4.24. The number of aromatic nitrogens is 3. The zero-order valence-corrected chi connectivity index (χ0v) is 14.3. The molecule has 0 aliphatic rings. The van der Waals surface area contributed by atoms with Crippen molar-refractivity contribution < 1.29 is 4.79 Å². The van der Waals surface area contributed by atoms with Crippen molar-refractivity contribution in [2.75, 3.05) is 5.32 Å². The first-order valence-electron chi connectivity index (χ1n) is 7.80. The van der Waals surface area contributed by atoms with E-state index in [1.165, 1.54) is 5.56 Å². The summed E-state index contributed by atoms with van der Waals surface area (Å²) in [6.07, 6.45) is 3.31. The summed E-state index contributed by atoms with van der Waals surface area (Å²) < 4.78 is 1.84. The molecule has 5 nitrogen and oxygen atoms in total. The Hall–Kier alpha value is -2.95. The van der Waals surface area contributed by atoms with E-state index >= 15 is 0 Å². The molecule has 0 aliphatic carbocycles. The summed E-state index contributed by atoms with van der Waals surface area (Å²) in [7, 11) is 0. The van der Waals surface area contributed by atoms with Gasteiger partial charge < -0.3 is 5.32 Å². The SMILES string of the molecule is Cc1ccc(C(=O)Nc2c(C)cc(-n3cnnc3)cc2C)cc1C. The van der Waals surface area contributed by atoms with E-state index in [0.29, 0.717) is 5.56 Å². The maximum absolute atomic E-state index is 12.6. The van der Waals surface area contributed by atoms with Crippen LogP contribution in [-0.2, 0) is 0 Å². The Bertz CT molecular complexity index is 875. The van der Waals surface area contributed by atoms with Crippen molar-refractivity contribution in [3.8, 4) is 5.69 Å². The molecule has 0 unspecified atom stereocenters. The number of carbonyl (C=O) groups is 1. The van der Waals surface area contributed by atoms with Gasteiger partial charge in [0, 0.05) is 16.9 Å². The van der Waals surface area contributed by atoms with Crippen LogP contribution in [0, 0.1) is 27.7 Å². The normalized spacial score (nSPS) is 10.7. The van der Waals surface area contributed by atoms with E-state index in [-0.39, 0.29) is 5.91 Å². The molecule has 1 heterocycles.